The van der Waals surface area contributed by atoms with Crippen LogP contribution in [0.3, 0.4) is 0 Å². The molecule has 7 heteroatoms. The van der Waals surface area contributed by atoms with Crippen LogP contribution in [0.25, 0.3) is 6.08 Å². The predicted molar refractivity (Wildman–Crippen MR) is 100 cm³/mol. The number of hydrogen-bond donors (Lipinski definition) is 1. The highest BCUT2D eigenvalue weighted by Crippen LogP contribution is 2.19. The van der Waals surface area contributed by atoms with E-state index in [0.29, 0.717) is 16.8 Å². The lowest BCUT2D eigenvalue weighted by molar-refractivity contribution is -0.136. The number of H-pyrrole nitrogens is 1. The minimum Gasteiger partial charge on any atom is -0.465 e. The topological polar surface area (TPSA) is 85.5 Å². The maximum Gasteiger partial charge on any atom is 0.339 e. The summed E-state index contributed by atoms with van der Waals surface area (Å²) in [5.41, 5.74) is 2.36. The third kappa shape index (κ3) is 4.70. The van der Waals surface area contributed by atoms with Crippen molar-refractivity contribution in [2.45, 2.75) is 13.8 Å². The van der Waals surface area contributed by atoms with E-state index in [-0.39, 0.29) is 5.69 Å². The summed E-state index contributed by atoms with van der Waals surface area (Å²) >= 11 is 3.34. The molecular weight excluding hydrogens is 402 g/mol. The van der Waals surface area contributed by atoms with E-state index in [4.69, 9.17) is 9.47 Å². The lowest BCUT2D eigenvalue weighted by Gasteiger charge is -2.02. The smallest absolute Gasteiger partial charge is 0.339 e. The summed E-state index contributed by atoms with van der Waals surface area (Å²) in [6, 6.07) is 7.39. The first-order chi connectivity index (χ1) is 12.3. The summed E-state index contributed by atoms with van der Waals surface area (Å²) in [6.45, 7) is 2.88. The average Bonchev–Trinajstić information content (AvgIpc) is 2.91. The predicted octanol–water partition coefficient (Wildman–Crippen LogP) is 3.62. The van der Waals surface area contributed by atoms with Gasteiger partial charge in [0.15, 0.2) is 6.61 Å². The molecular formula is C19H18BrNO5. The number of aromatic amines is 1. The molecule has 1 heterocycles. The maximum absolute atomic E-state index is 12.3. The van der Waals surface area contributed by atoms with Crippen LogP contribution >= 0.6 is 15.9 Å². The van der Waals surface area contributed by atoms with E-state index >= 15 is 0 Å². The van der Waals surface area contributed by atoms with Crippen molar-refractivity contribution >= 4 is 39.7 Å². The number of hydrogen-bond acceptors (Lipinski definition) is 5. The zero-order valence-corrected chi connectivity index (χ0v) is 16.2. The molecule has 0 saturated heterocycles. The van der Waals surface area contributed by atoms with E-state index in [9.17, 15) is 14.4 Å². The van der Waals surface area contributed by atoms with Gasteiger partial charge >= 0.3 is 11.9 Å². The molecule has 136 valence electrons. The van der Waals surface area contributed by atoms with Crippen molar-refractivity contribution in [3.8, 4) is 0 Å². The Morgan fingerprint density at radius 2 is 1.96 bits per heavy atom. The molecule has 2 aromatic rings. The molecule has 2 rings (SSSR count). The Balaban J connectivity index is 2.00. The second-order valence-electron chi connectivity index (χ2n) is 5.54. The van der Waals surface area contributed by atoms with Crippen molar-refractivity contribution in [3.63, 3.8) is 0 Å². The zero-order chi connectivity index (χ0) is 19.3. The number of rotatable bonds is 6. The third-order valence-corrected chi connectivity index (χ3v) is 4.21. The number of carbonyl (C=O) groups excluding carboxylic acids is 3. The van der Waals surface area contributed by atoms with E-state index in [2.05, 4.69) is 20.9 Å². The fourth-order valence-corrected chi connectivity index (χ4v) is 2.89. The molecule has 0 amide bonds. The molecule has 0 fully saturated rings. The quantitative estimate of drug-likeness (QED) is 0.438. The first kappa shape index (κ1) is 19.7. The highest BCUT2D eigenvalue weighted by molar-refractivity contribution is 9.10. The molecule has 0 radical (unpaired) electrons. The zero-order valence-electron chi connectivity index (χ0n) is 14.6. The van der Waals surface area contributed by atoms with Gasteiger partial charge in [-0.05, 0) is 43.2 Å². The Kier molecular flexibility index (Phi) is 6.52. The number of carbonyl (C=O) groups is 3. The number of aryl methyl sites for hydroxylation is 1. The summed E-state index contributed by atoms with van der Waals surface area (Å²) in [4.78, 5) is 38.7. The van der Waals surface area contributed by atoms with Gasteiger partial charge in [-0.25, -0.2) is 9.59 Å². The van der Waals surface area contributed by atoms with Gasteiger partial charge in [-0.1, -0.05) is 28.1 Å². The van der Waals surface area contributed by atoms with Crippen molar-refractivity contribution in [1.29, 1.82) is 0 Å². The van der Waals surface area contributed by atoms with Crippen molar-refractivity contribution in [1.82, 2.24) is 4.98 Å². The normalized spacial score (nSPS) is 10.8. The molecule has 1 N–H and O–H groups in total. The van der Waals surface area contributed by atoms with Crippen LogP contribution in [0.2, 0.25) is 0 Å². The Morgan fingerprint density at radius 1 is 1.23 bits per heavy atom. The van der Waals surface area contributed by atoms with Crippen LogP contribution in [0, 0.1) is 13.8 Å². The van der Waals surface area contributed by atoms with E-state index in [1.807, 2.05) is 24.3 Å². The number of Topliss-reactive ketones (excluding diaryl/α,β-unsaturated/α-hetero) is 1. The largest absolute Gasteiger partial charge is 0.465 e. The first-order valence-electron chi connectivity index (χ1n) is 7.74. The maximum atomic E-state index is 12.3. The van der Waals surface area contributed by atoms with Crippen LogP contribution in [0.15, 0.2) is 34.8 Å². The molecule has 1 aromatic carbocycles. The van der Waals surface area contributed by atoms with Crippen molar-refractivity contribution in [3.05, 3.63) is 62.9 Å². The fraction of sp³-hybridized carbons (Fsp3) is 0.211. The second-order valence-corrected chi connectivity index (χ2v) is 6.45. The molecule has 1 aromatic heterocycles. The number of halogens is 1. The molecule has 0 bridgehead atoms. The van der Waals surface area contributed by atoms with Gasteiger partial charge in [-0.2, -0.15) is 0 Å². The summed E-state index contributed by atoms with van der Waals surface area (Å²) in [6.07, 6.45) is 2.85. The van der Waals surface area contributed by atoms with Gasteiger partial charge in [-0.15, -0.1) is 0 Å². The van der Waals surface area contributed by atoms with Gasteiger partial charge in [0.05, 0.1) is 18.4 Å². The molecule has 0 unspecified atom stereocenters. The summed E-state index contributed by atoms with van der Waals surface area (Å²) in [5, 5.41) is 0. The van der Waals surface area contributed by atoms with Gasteiger partial charge < -0.3 is 14.5 Å². The summed E-state index contributed by atoms with van der Waals surface area (Å²) in [7, 11) is 1.27. The van der Waals surface area contributed by atoms with Crippen LogP contribution < -0.4 is 0 Å². The molecule has 0 saturated carbocycles. The molecule has 0 atom stereocenters. The van der Waals surface area contributed by atoms with Crippen molar-refractivity contribution < 1.29 is 23.9 Å². The van der Waals surface area contributed by atoms with Crippen molar-refractivity contribution in [2.75, 3.05) is 13.7 Å². The van der Waals surface area contributed by atoms with Crippen LogP contribution in [-0.2, 0) is 14.3 Å². The molecule has 6 nitrogen and oxygen atoms in total. The van der Waals surface area contributed by atoms with Gasteiger partial charge in [0.1, 0.15) is 0 Å². The molecule has 0 aliphatic heterocycles. The Hall–Kier alpha value is -2.67. The number of ether oxygens (including phenoxy) is 2. The van der Waals surface area contributed by atoms with Gasteiger partial charge in [0, 0.05) is 16.2 Å². The van der Waals surface area contributed by atoms with Crippen LogP contribution in [-0.4, -0.2) is 36.4 Å². The van der Waals surface area contributed by atoms with Crippen LogP contribution in [0.5, 0.6) is 0 Å². The number of aromatic nitrogens is 1. The summed E-state index contributed by atoms with van der Waals surface area (Å²) < 4.78 is 10.6. The van der Waals surface area contributed by atoms with Crippen LogP contribution in [0.1, 0.15) is 37.7 Å². The Morgan fingerprint density at radius 3 is 2.62 bits per heavy atom. The van der Waals surface area contributed by atoms with Crippen LogP contribution in [0.4, 0.5) is 0 Å². The van der Waals surface area contributed by atoms with Gasteiger partial charge in [0.2, 0.25) is 5.78 Å². The lowest BCUT2D eigenvalue weighted by Crippen LogP contribution is -2.14. The number of methoxy groups -OCH3 is 1. The van der Waals surface area contributed by atoms with E-state index in [1.54, 1.807) is 19.9 Å². The van der Waals surface area contributed by atoms with E-state index < -0.39 is 24.3 Å². The standard InChI is InChI=1S/C19H18BrNO5/c1-11-17(19(24)25-3)12(2)21-18(11)15(22)10-26-16(23)8-7-13-5-4-6-14(20)9-13/h4-9,21H,10H2,1-3H3/b8-7+. The SMILES string of the molecule is COC(=O)c1c(C)[nH]c(C(=O)COC(=O)/C=C/c2cccc(Br)c2)c1C. The van der Waals surface area contributed by atoms with Crippen molar-refractivity contribution in [2.24, 2.45) is 0 Å². The van der Waals surface area contributed by atoms with Gasteiger partial charge in [-0.3, -0.25) is 4.79 Å². The molecule has 26 heavy (non-hydrogen) atoms. The minimum atomic E-state index is -0.632. The van der Waals surface area contributed by atoms with E-state index in [0.717, 1.165) is 10.0 Å². The third-order valence-electron chi connectivity index (χ3n) is 3.71. The number of ketones is 1. The highest BCUT2D eigenvalue weighted by atomic mass is 79.9. The van der Waals surface area contributed by atoms with Gasteiger partial charge in [0.25, 0.3) is 0 Å². The Bertz CT molecular complexity index is 882. The highest BCUT2D eigenvalue weighted by Gasteiger charge is 2.22. The first-order valence-corrected chi connectivity index (χ1v) is 8.54. The monoisotopic (exact) mass is 419 g/mol. The number of nitrogens with one attached hydrogen (secondary N) is 1. The minimum absolute atomic E-state index is 0.228. The lowest BCUT2D eigenvalue weighted by atomic mass is 10.1. The fourth-order valence-electron chi connectivity index (χ4n) is 2.47. The second kappa shape index (κ2) is 8.62. The number of esters is 2. The van der Waals surface area contributed by atoms with E-state index in [1.165, 1.54) is 13.2 Å². The average molecular weight is 420 g/mol. The molecule has 0 aliphatic rings. The molecule has 0 spiro atoms. The molecule has 0 aliphatic carbocycles. The number of benzene rings is 1. The summed E-state index contributed by atoms with van der Waals surface area (Å²) in [5.74, 6) is -1.58. The Labute approximate surface area is 159 Å².